The molecule has 0 bridgehead atoms. The molecule has 2 saturated heterocycles. The molecule has 1 aliphatic carbocycles. The largest absolute Gasteiger partial charge is 0.322 e. The van der Waals surface area contributed by atoms with E-state index in [0.717, 1.165) is 76.0 Å². The Morgan fingerprint density at radius 1 is 0.950 bits per heavy atom. The second-order valence-corrected chi connectivity index (χ2v) is 12.9. The van der Waals surface area contributed by atoms with Gasteiger partial charge < -0.3 is 15.2 Å². The van der Waals surface area contributed by atoms with Crippen LogP contribution in [0.4, 0.5) is 20.5 Å². The Bertz CT molecular complexity index is 1640. The summed E-state index contributed by atoms with van der Waals surface area (Å²) in [6.07, 6.45) is 7.01. The van der Waals surface area contributed by atoms with E-state index < -0.39 is 11.6 Å². The van der Waals surface area contributed by atoms with Crippen LogP contribution in [-0.4, -0.2) is 55.6 Å². The molecule has 10 heteroatoms. The van der Waals surface area contributed by atoms with E-state index in [1.807, 2.05) is 24.4 Å². The van der Waals surface area contributed by atoms with Crippen molar-refractivity contribution in [2.24, 2.45) is 10.8 Å². The fourth-order valence-corrected chi connectivity index (χ4v) is 7.38. The van der Waals surface area contributed by atoms with Crippen molar-refractivity contribution in [3.63, 3.8) is 0 Å². The van der Waals surface area contributed by atoms with Crippen LogP contribution >= 0.6 is 0 Å². The molecule has 1 aromatic carbocycles. The first-order valence-electron chi connectivity index (χ1n) is 14.1. The zero-order valence-electron chi connectivity index (χ0n) is 22.8. The Labute approximate surface area is 231 Å². The van der Waals surface area contributed by atoms with Crippen LogP contribution in [0.2, 0.25) is 0 Å². The highest BCUT2D eigenvalue weighted by molar-refractivity contribution is 5.83. The van der Waals surface area contributed by atoms with Crippen LogP contribution < -0.4 is 10.6 Å². The van der Waals surface area contributed by atoms with Crippen molar-refractivity contribution in [1.29, 1.82) is 0 Å². The number of benzene rings is 1. The molecule has 1 saturated carbocycles. The maximum Gasteiger partial charge on any atom is 0.229 e. The molecule has 8 nitrogen and oxygen atoms in total. The first-order valence-corrected chi connectivity index (χ1v) is 14.1. The highest BCUT2D eigenvalue weighted by Crippen LogP contribution is 2.53. The SMILES string of the molecule is C[C@@]12CNC[C@]1(C)CN(Cc1ccc(Nc3ncc(F)c(-c4cc(F)c5nc6n(c5c4)C4(CC6)CC4)n3)nc1)C2. The van der Waals surface area contributed by atoms with E-state index in [1.54, 1.807) is 0 Å². The van der Waals surface area contributed by atoms with E-state index in [2.05, 4.69) is 53.9 Å². The molecular weight excluding hydrogens is 510 g/mol. The number of imidazole rings is 1. The van der Waals surface area contributed by atoms with Gasteiger partial charge in [0.05, 0.1) is 11.7 Å². The van der Waals surface area contributed by atoms with Crippen LogP contribution in [0.1, 0.15) is 44.5 Å². The third-order valence-corrected chi connectivity index (χ3v) is 10.0. The fraction of sp³-hybridized carbons (Fsp3) is 0.467. The number of anilines is 2. The number of halogens is 2. The number of hydrogen-bond acceptors (Lipinski definition) is 7. The first kappa shape index (κ1) is 24.3. The average Bonchev–Trinajstić information content (AvgIpc) is 3.20. The van der Waals surface area contributed by atoms with Gasteiger partial charge in [0.1, 0.15) is 22.9 Å². The summed E-state index contributed by atoms with van der Waals surface area (Å²) in [7, 11) is 0. The second-order valence-electron chi connectivity index (χ2n) is 12.9. The lowest BCUT2D eigenvalue weighted by Gasteiger charge is -2.31. The summed E-state index contributed by atoms with van der Waals surface area (Å²) in [4.78, 5) is 20.2. The van der Waals surface area contributed by atoms with Gasteiger partial charge >= 0.3 is 0 Å². The second kappa shape index (κ2) is 8.27. The predicted molar refractivity (Wildman–Crippen MR) is 148 cm³/mol. The van der Waals surface area contributed by atoms with Gasteiger partial charge in [-0.2, -0.15) is 0 Å². The molecule has 6 heterocycles. The van der Waals surface area contributed by atoms with Gasteiger partial charge in [-0.15, -0.1) is 0 Å². The lowest BCUT2D eigenvalue weighted by Crippen LogP contribution is -2.34. The zero-order valence-corrected chi connectivity index (χ0v) is 22.8. The first-order chi connectivity index (χ1) is 19.2. The summed E-state index contributed by atoms with van der Waals surface area (Å²) in [5.41, 5.74) is 3.26. The number of aryl methyl sites for hydroxylation is 1. The summed E-state index contributed by atoms with van der Waals surface area (Å²) in [5, 5.41) is 6.64. The highest BCUT2D eigenvalue weighted by Gasteiger charge is 2.54. The standard InChI is InChI=1S/C30H32F2N8/c1-28-14-33-15-29(28,2)17-39(16-28)13-18-3-4-23(34-11-18)36-27-35-12-21(32)25(38-27)19-9-20(31)26-22(10-19)40-24(37-26)5-6-30(40)7-8-30/h3-4,9-12,33H,5-8,13-17H2,1-2H3,(H,34,35,36,38)/t28-,29+. The van der Waals surface area contributed by atoms with E-state index in [4.69, 9.17) is 0 Å². The van der Waals surface area contributed by atoms with E-state index >= 15 is 4.39 Å². The molecule has 0 unspecified atom stereocenters. The monoisotopic (exact) mass is 542 g/mol. The number of nitrogens with zero attached hydrogens (tertiary/aromatic N) is 6. The van der Waals surface area contributed by atoms with Crippen LogP contribution in [0.25, 0.3) is 22.3 Å². The fourth-order valence-electron chi connectivity index (χ4n) is 7.38. The molecule has 40 heavy (non-hydrogen) atoms. The molecule has 4 aliphatic rings. The molecule has 0 amide bonds. The van der Waals surface area contributed by atoms with Crippen molar-refractivity contribution in [2.45, 2.75) is 51.6 Å². The predicted octanol–water partition coefficient (Wildman–Crippen LogP) is 4.78. The maximum atomic E-state index is 15.2. The lowest BCUT2D eigenvalue weighted by atomic mass is 9.71. The molecule has 2 N–H and O–H groups in total. The highest BCUT2D eigenvalue weighted by atomic mass is 19.1. The summed E-state index contributed by atoms with van der Waals surface area (Å²) in [6, 6.07) is 7.07. The topological polar surface area (TPSA) is 83.8 Å². The number of fused-ring (bicyclic) bond motifs is 5. The molecule has 2 atom stereocenters. The quantitative estimate of drug-likeness (QED) is 0.376. The van der Waals surface area contributed by atoms with Gasteiger partial charge in [0, 0.05) is 67.3 Å². The van der Waals surface area contributed by atoms with E-state index in [1.165, 1.54) is 6.07 Å². The molecule has 0 radical (unpaired) electrons. The average molecular weight is 543 g/mol. The maximum absolute atomic E-state index is 15.2. The number of aromatic nitrogens is 5. The van der Waals surface area contributed by atoms with E-state index in [-0.39, 0.29) is 17.2 Å². The van der Waals surface area contributed by atoms with E-state index in [0.29, 0.717) is 33.2 Å². The van der Waals surface area contributed by atoms with Crippen LogP contribution in [0.15, 0.2) is 36.7 Å². The van der Waals surface area contributed by atoms with Crippen LogP contribution in [-0.2, 0) is 18.5 Å². The minimum atomic E-state index is -0.608. The van der Waals surface area contributed by atoms with Crippen molar-refractivity contribution < 1.29 is 8.78 Å². The van der Waals surface area contributed by atoms with Gasteiger partial charge in [0.15, 0.2) is 11.6 Å². The Hall–Kier alpha value is -3.50. The molecule has 3 aliphatic heterocycles. The van der Waals surface area contributed by atoms with Gasteiger partial charge in [-0.05, 0) is 43.0 Å². The molecule has 3 aromatic heterocycles. The summed E-state index contributed by atoms with van der Waals surface area (Å²) >= 11 is 0. The summed E-state index contributed by atoms with van der Waals surface area (Å²) < 4.78 is 32.3. The van der Waals surface area contributed by atoms with Gasteiger partial charge in [-0.25, -0.2) is 28.7 Å². The number of nitrogens with one attached hydrogen (secondary N) is 2. The van der Waals surface area contributed by atoms with Gasteiger partial charge in [-0.3, -0.25) is 4.90 Å². The molecule has 1 spiro atoms. The van der Waals surface area contributed by atoms with Crippen molar-refractivity contribution in [1.82, 2.24) is 34.7 Å². The van der Waals surface area contributed by atoms with Crippen LogP contribution in [0.3, 0.4) is 0 Å². The third kappa shape index (κ3) is 3.61. The number of pyridine rings is 1. The lowest BCUT2D eigenvalue weighted by molar-refractivity contribution is 0.212. The van der Waals surface area contributed by atoms with Crippen molar-refractivity contribution in [2.75, 3.05) is 31.5 Å². The minimum absolute atomic E-state index is 0.0457. The Morgan fingerprint density at radius 3 is 2.48 bits per heavy atom. The number of likely N-dealkylation sites (tertiary alicyclic amines) is 1. The van der Waals surface area contributed by atoms with Gasteiger partial charge in [0.2, 0.25) is 5.95 Å². The van der Waals surface area contributed by atoms with Crippen molar-refractivity contribution in [3.8, 4) is 11.3 Å². The molecule has 8 rings (SSSR count). The number of hydrogen-bond donors (Lipinski definition) is 2. The van der Waals surface area contributed by atoms with Gasteiger partial charge in [-0.1, -0.05) is 19.9 Å². The minimum Gasteiger partial charge on any atom is -0.322 e. The van der Waals surface area contributed by atoms with Crippen LogP contribution in [0.5, 0.6) is 0 Å². The summed E-state index contributed by atoms with van der Waals surface area (Å²) in [5.74, 6) is 0.610. The molecular formula is C30H32F2N8. The smallest absolute Gasteiger partial charge is 0.229 e. The normalized spacial score (nSPS) is 26.5. The Kier molecular flexibility index (Phi) is 5.02. The molecule has 206 valence electrons. The Balaban J connectivity index is 1.03. The zero-order chi connectivity index (χ0) is 27.3. The molecule has 4 aromatic rings. The van der Waals surface area contributed by atoms with E-state index in [9.17, 15) is 4.39 Å². The Morgan fingerprint density at radius 2 is 1.75 bits per heavy atom. The van der Waals surface area contributed by atoms with Crippen molar-refractivity contribution >= 4 is 22.8 Å². The third-order valence-electron chi connectivity index (χ3n) is 10.0. The molecule has 3 fully saturated rings. The van der Waals surface area contributed by atoms with Crippen LogP contribution in [0, 0.1) is 22.5 Å². The number of rotatable bonds is 5. The van der Waals surface area contributed by atoms with Gasteiger partial charge in [0.25, 0.3) is 0 Å². The summed E-state index contributed by atoms with van der Waals surface area (Å²) in [6.45, 7) is 9.87. The van der Waals surface area contributed by atoms with Crippen molar-refractivity contribution in [3.05, 3.63) is 59.7 Å².